The number of fused-ring (bicyclic) bond motifs is 2. The average Bonchev–Trinajstić information content (AvgIpc) is 3.30. The van der Waals surface area contributed by atoms with Gasteiger partial charge in [0.05, 0.1) is 85.5 Å². The van der Waals surface area contributed by atoms with Crippen molar-refractivity contribution < 1.29 is 79.6 Å². The number of allylic oxidation sites excluding steroid dienone is 12. The molecule has 10 unspecified atom stereocenters. The first-order valence-electron chi connectivity index (χ1n) is 25.4. The van der Waals surface area contributed by atoms with Crippen LogP contribution in [0.2, 0.25) is 0 Å². The standard InChI is InChI=1S/C53H84N2O16/c1-32-20-16-13-11-9-7-5-6-8-10-12-14-19-23-40(70-52-50(65)47(54)49(64)35(4)69-52)29-44-46(51(66)55-36-21-17-15-18-22-36)43(61)31-53(67,71-44)30-39(58)27-42(60)41(59)25-24-37(56)26-38(57)28-45(62)68-34(3)33(2)48(32)63/h5-14,16,19-20,23,32-44,46-50,52,56-61,63-65,67H,15,17-18,21-22,24-31,54H2,1-4H3,(H,55,66)/b6-5+,9-7+,10-8+,13-11+,14-12+,20-16+,23-19+/t32?,33?,34?,35?,37-,38-,39+,40+,41-,42-,43?,44?,46-,47?,48-,49?,50?,52?,53-/m1/s1. The zero-order valence-corrected chi connectivity index (χ0v) is 41.7. The summed E-state index contributed by atoms with van der Waals surface area (Å²) >= 11 is 0. The number of esters is 1. The molecule has 13 N–H and O–H groups in total. The number of hydrogen-bond acceptors (Lipinski definition) is 17. The van der Waals surface area contributed by atoms with Crippen LogP contribution < -0.4 is 11.1 Å². The number of nitrogens with two attached hydrogens (primary N) is 1. The molecule has 1 amide bonds. The third-order valence-electron chi connectivity index (χ3n) is 14.0. The molecule has 0 spiro atoms. The topological polar surface area (TPSA) is 311 Å². The second-order valence-electron chi connectivity index (χ2n) is 20.1. The van der Waals surface area contributed by atoms with Gasteiger partial charge in [-0.25, -0.2) is 0 Å². The van der Waals surface area contributed by atoms with Crippen molar-refractivity contribution in [3.8, 4) is 0 Å². The molecule has 4 rings (SSSR count). The Labute approximate surface area is 418 Å². The number of nitrogens with one attached hydrogen (secondary N) is 1. The van der Waals surface area contributed by atoms with Crippen LogP contribution in [-0.2, 0) is 28.5 Å². The second kappa shape index (κ2) is 30.1. The summed E-state index contributed by atoms with van der Waals surface area (Å²) in [4.78, 5) is 26.8. The van der Waals surface area contributed by atoms with Gasteiger partial charge in [-0.3, -0.25) is 9.59 Å². The van der Waals surface area contributed by atoms with Crippen molar-refractivity contribution in [2.45, 2.75) is 215 Å². The maximum Gasteiger partial charge on any atom is 0.308 e. The second-order valence-corrected chi connectivity index (χ2v) is 20.1. The minimum atomic E-state index is -2.25. The van der Waals surface area contributed by atoms with Crippen LogP contribution in [0.25, 0.3) is 0 Å². The molecular weight excluding hydrogens is 921 g/mol. The van der Waals surface area contributed by atoms with Crippen LogP contribution >= 0.6 is 0 Å². The van der Waals surface area contributed by atoms with E-state index in [1.807, 2.05) is 55.5 Å². The first-order valence-corrected chi connectivity index (χ1v) is 25.4. The zero-order chi connectivity index (χ0) is 52.3. The van der Waals surface area contributed by atoms with Crippen LogP contribution in [0.4, 0.5) is 0 Å². The van der Waals surface area contributed by atoms with Gasteiger partial charge in [0.1, 0.15) is 12.2 Å². The van der Waals surface area contributed by atoms with E-state index in [4.69, 9.17) is 24.7 Å². The molecule has 18 nitrogen and oxygen atoms in total. The molecule has 3 aliphatic heterocycles. The van der Waals surface area contributed by atoms with Gasteiger partial charge >= 0.3 is 5.97 Å². The Hall–Kier alpha value is -3.44. The molecule has 4 aliphatic rings. The minimum Gasteiger partial charge on any atom is -0.462 e. The van der Waals surface area contributed by atoms with Crippen molar-refractivity contribution in [2.75, 3.05) is 0 Å². The first kappa shape index (κ1) is 60.1. The molecule has 0 aromatic rings. The van der Waals surface area contributed by atoms with Crippen molar-refractivity contribution in [3.05, 3.63) is 85.1 Å². The Morgan fingerprint density at radius 3 is 1.86 bits per heavy atom. The smallest absolute Gasteiger partial charge is 0.308 e. The lowest BCUT2D eigenvalue weighted by molar-refractivity contribution is -0.307. The van der Waals surface area contributed by atoms with Gasteiger partial charge in [0.15, 0.2) is 12.1 Å². The van der Waals surface area contributed by atoms with Gasteiger partial charge < -0.3 is 81.1 Å². The summed E-state index contributed by atoms with van der Waals surface area (Å²) in [6, 6.07) is -1.25. The van der Waals surface area contributed by atoms with Gasteiger partial charge in [-0.15, -0.1) is 0 Å². The van der Waals surface area contributed by atoms with Crippen LogP contribution in [-0.4, -0.2) is 166 Å². The lowest BCUT2D eigenvalue weighted by atomic mass is 9.81. The Bertz CT molecular complexity index is 1820. The van der Waals surface area contributed by atoms with E-state index in [-0.39, 0.29) is 37.6 Å². The van der Waals surface area contributed by atoms with Gasteiger partial charge in [0.2, 0.25) is 5.91 Å². The van der Waals surface area contributed by atoms with E-state index < -0.39 is 147 Å². The SMILES string of the molecule is CC1OC(O[C@H]2/C=C/C=C/C=C/C=C/C=C/C=C/C=C/C(C)[C@@H](O)C(C)C(C)OC(=O)C[C@H](O)C[C@H](O)CC[C@@H](O)[C@H](O)C[C@H](O)C[C@]3(O)CC(O)[C@@H](C(=O)NC4CCCCC4)C(C2)O3)C(O)C(N)C1O. The summed E-state index contributed by atoms with van der Waals surface area (Å²) in [6.45, 7) is 6.83. The fourth-order valence-corrected chi connectivity index (χ4v) is 9.53. The highest BCUT2D eigenvalue weighted by atomic mass is 16.7. The fraction of sp³-hybridized carbons (Fsp3) is 0.698. The summed E-state index contributed by atoms with van der Waals surface area (Å²) in [5, 5.41) is 113. The number of carbonyl (C=O) groups is 2. The van der Waals surface area contributed by atoms with Crippen molar-refractivity contribution in [3.63, 3.8) is 0 Å². The molecule has 0 radical (unpaired) electrons. The quantitative estimate of drug-likeness (QED) is 0.180. The predicted molar refractivity (Wildman–Crippen MR) is 264 cm³/mol. The van der Waals surface area contributed by atoms with Crippen LogP contribution in [0, 0.1) is 17.8 Å². The van der Waals surface area contributed by atoms with E-state index >= 15 is 0 Å². The summed E-state index contributed by atoms with van der Waals surface area (Å²) in [5.41, 5.74) is 6.13. The monoisotopic (exact) mass is 1000 g/mol. The molecule has 1 saturated carbocycles. The van der Waals surface area contributed by atoms with Gasteiger partial charge in [-0.2, -0.15) is 0 Å². The largest absolute Gasteiger partial charge is 0.462 e. The molecule has 71 heavy (non-hydrogen) atoms. The number of aliphatic hydroxyl groups is 10. The predicted octanol–water partition coefficient (Wildman–Crippen LogP) is 2.08. The molecule has 2 saturated heterocycles. The third-order valence-corrected chi connectivity index (χ3v) is 14.0. The number of rotatable bonds is 4. The molecule has 18 heteroatoms. The van der Waals surface area contributed by atoms with Crippen molar-refractivity contribution in [1.29, 1.82) is 0 Å². The van der Waals surface area contributed by atoms with E-state index in [9.17, 15) is 60.7 Å². The molecule has 3 heterocycles. The Balaban J connectivity index is 1.60. The van der Waals surface area contributed by atoms with Crippen molar-refractivity contribution in [2.24, 2.45) is 23.5 Å². The summed E-state index contributed by atoms with van der Waals surface area (Å²) < 4.78 is 23.9. The van der Waals surface area contributed by atoms with Crippen LogP contribution in [0.1, 0.15) is 111 Å². The first-order chi connectivity index (χ1) is 33.7. The number of amides is 1. The third kappa shape index (κ3) is 20.1. The van der Waals surface area contributed by atoms with E-state index in [1.54, 1.807) is 57.2 Å². The van der Waals surface area contributed by atoms with Crippen molar-refractivity contribution in [1.82, 2.24) is 5.32 Å². The fourth-order valence-electron chi connectivity index (χ4n) is 9.53. The molecule has 2 bridgehead atoms. The van der Waals surface area contributed by atoms with Crippen molar-refractivity contribution >= 4 is 11.9 Å². The summed E-state index contributed by atoms with van der Waals surface area (Å²) in [5.74, 6) is -5.41. The Kier molecular flexibility index (Phi) is 25.5. The summed E-state index contributed by atoms with van der Waals surface area (Å²) in [7, 11) is 0. The lowest BCUT2D eigenvalue weighted by Gasteiger charge is -2.46. The molecule has 0 aromatic carbocycles. The van der Waals surface area contributed by atoms with Crippen LogP contribution in [0.3, 0.4) is 0 Å². The molecule has 0 aromatic heterocycles. The number of aliphatic hydroxyl groups excluding tert-OH is 9. The van der Waals surface area contributed by atoms with Crippen LogP contribution in [0.5, 0.6) is 0 Å². The minimum absolute atomic E-state index is 0.0856. The Morgan fingerprint density at radius 2 is 1.24 bits per heavy atom. The summed E-state index contributed by atoms with van der Waals surface area (Å²) in [6.07, 6.45) is 9.70. The molecule has 1 aliphatic carbocycles. The molecule has 19 atom stereocenters. The van der Waals surface area contributed by atoms with Gasteiger partial charge in [-0.1, -0.05) is 118 Å². The van der Waals surface area contributed by atoms with E-state index in [1.165, 1.54) is 0 Å². The van der Waals surface area contributed by atoms with Crippen LogP contribution in [0.15, 0.2) is 85.1 Å². The highest BCUT2D eigenvalue weighted by Crippen LogP contribution is 2.38. The van der Waals surface area contributed by atoms with Gasteiger partial charge in [-0.05, 0) is 46.0 Å². The number of hydrogen-bond donors (Lipinski definition) is 12. The highest BCUT2D eigenvalue weighted by Gasteiger charge is 2.51. The zero-order valence-electron chi connectivity index (χ0n) is 41.7. The lowest BCUT2D eigenvalue weighted by Crippen LogP contribution is -2.62. The Morgan fingerprint density at radius 1 is 0.648 bits per heavy atom. The highest BCUT2D eigenvalue weighted by molar-refractivity contribution is 5.80. The molecular formula is C53H84N2O16. The maximum absolute atomic E-state index is 14.1. The number of cyclic esters (lactones) is 1. The average molecular weight is 1010 g/mol. The maximum atomic E-state index is 14.1. The molecule has 402 valence electrons. The number of carbonyl (C=O) groups excluding carboxylic acids is 2. The van der Waals surface area contributed by atoms with E-state index in [0.29, 0.717) is 0 Å². The number of ether oxygens (including phenoxy) is 4. The van der Waals surface area contributed by atoms with Gasteiger partial charge in [0.25, 0.3) is 0 Å². The molecule has 3 fully saturated rings. The van der Waals surface area contributed by atoms with E-state index in [0.717, 1.165) is 32.1 Å². The van der Waals surface area contributed by atoms with E-state index in [2.05, 4.69) is 5.32 Å². The van der Waals surface area contributed by atoms with Gasteiger partial charge in [0, 0.05) is 43.6 Å². The normalized spacial score (nSPS) is 44.2.